The number of phenolic OH excluding ortho intramolecular Hbond substituents is 6. The zero-order chi connectivity index (χ0) is 69.1. The number of rotatable bonds is 26. The molecular weight excluding hydrogens is 1230 g/mol. The van der Waals surface area contributed by atoms with Crippen LogP contribution in [0.4, 0.5) is 5.69 Å². The fourth-order valence-electron chi connectivity index (χ4n) is 8.31. The Balaban J connectivity index is 0.000000233. The molecular formula is C72H75N3O20. The first-order valence-electron chi connectivity index (χ1n) is 29.1. The summed E-state index contributed by atoms with van der Waals surface area (Å²) in [5.41, 5.74) is 8.09. The van der Waals surface area contributed by atoms with Crippen LogP contribution in [0.3, 0.4) is 0 Å². The molecule has 0 saturated carbocycles. The van der Waals surface area contributed by atoms with E-state index in [4.69, 9.17) is 39.4 Å². The van der Waals surface area contributed by atoms with E-state index in [1.54, 1.807) is 136 Å². The quantitative estimate of drug-likeness (QED) is 0.00601. The lowest BCUT2D eigenvalue weighted by atomic mass is 10.1. The van der Waals surface area contributed by atoms with Crippen molar-refractivity contribution in [1.29, 1.82) is 0 Å². The maximum absolute atomic E-state index is 12.5. The van der Waals surface area contributed by atoms with E-state index < -0.39 is 4.92 Å². The average molecular weight is 1300 g/mol. The Hall–Kier alpha value is -11.3. The molecule has 8 aromatic rings. The predicted octanol–water partition coefficient (Wildman–Crippen LogP) is 10.2. The minimum absolute atomic E-state index is 0.0411. The summed E-state index contributed by atoms with van der Waals surface area (Å²) in [6.45, 7) is 0.273. The number of non-ortho nitro benzene ring substituents is 1. The van der Waals surface area contributed by atoms with Gasteiger partial charge >= 0.3 is 5.97 Å². The number of ether oxygens (including phenoxy) is 5. The first-order chi connectivity index (χ1) is 45.8. The summed E-state index contributed by atoms with van der Waals surface area (Å²) in [4.78, 5) is 48.9. The average Bonchev–Trinajstić information content (AvgIpc) is 1.59. The van der Waals surface area contributed by atoms with Gasteiger partial charge in [-0.3, -0.25) is 19.7 Å². The van der Waals surface area contributed by atoms with Crippen LogP contribution < -0.4 is 9.47 Å². The van der Waals surface area contributed by atoms with E-state index in [0.29, 0.717) is 33.8 Å². The summed E-state index contributed by atoms with van der Waals surface area (Å²) < 4.78 is 25.6. The van der Waals surface area contributed by atoms with Crippen molar-refractivity contribution >= 4 is 72.1 Å². The number of hydrogen-bond acceptors (Lipinski definition) is 20. The predicted molar refractivity (Wildman–Crippen MR) is 360 cm³/mol. The number of aromatic hydroxyl groups is 6. The number of phenols is 6. The Bertz CT molecular complexity index is 3840. The van der Waals surface area contributed by atoms with Gasteiger partial charge in [0.2, 0.25) is 0 Å². The van der Waals surface area contributed by atoms with E-state index in [9.17, 15) is 55.1 Å². The molecule has 0 fully saturated rings. The van der Waals surface area contributed by atoms with Crippen molar-refractivity contribution in [3.8, 4) is 46.0 Å². The van der Waals surface area contributed by atoms with Crippen molar-refractivity contribution in [3.63, 3.8) is 0 Å². The van der Waals surface area contributed by atoms with E-state index in [-0.39, 0.29) is 124 Å². The number of aliphatic hydroxyl groups is 4. The van der Waals surface area contributed by atoms with Crippen LogP contribution in [-0.4, -0.2) is 171 Å². The van der Waals surface area contributed by atoms with Crippen LogP contribution in [0.1, 0.15) is 75.6 Å². The number of carbonyl (C=O) groups excluding carboxylic acids is 3. The number of benzene rings is 8. The number of nitro groups is 1. The van der Waals surface area contributed by atoms with Gasteiger partial charge in [0.25, 0.3) is 17.5 Å². The van der Waals surface area contributed by atoms with Crippen molar-refractivity contribution in [1.82, 2.24) is 9.80 Å². The second-order valence-corrected chi connectivity index (χ2v) is 20.1. The molecule has 95 heavy (non-hydrogen) atoms. The van der Waals surface area contributed by atoms with Gasteiger partial charge in [-0.2, -0.15) is 0 Å². The fourth-order valence-corrected chi connectivity index (χ4v) is 8.31. The van der Waals surface area contributed by atoms with E-state index in [0.717, 1.165) is 38.9 Å². The minimum Gasteiger partial charge on any atom is -0.504 e. The molecule has 0 aromatic heterocycles. The molecule has 0 bridgehead atoms. The molecule has 23 heteroatoms. The van der Waals surface area contributed by atoms with Gasteiger partial charge in [-0.25, -0.2) is 4.79 Å². The summed E-state index contributed by atoms with van der Waals surface area (Å²) in [5.74, 6) is -0.789. The Labute approximate surface area is 548 Å². The zero-order valence-corrected chi connectivity index (χ0v) is 52.3. The number of amides is 2. The fraction of sp³-hybridized carbons (Fsp3) is 0.181. The molecule has 498 valence electrons. The monoisotopic (exact) mass is 1300 g/mol. The van der Waals surface area contributed by atoms with E-state index in [2.05, 4.69) is 4.74 Å². The topological polar surface area (TPSA) is 349 Å². The highest BCUT2D eigenvalue weighted by molar-refractivity contribution is 5.95. The molecule has 8 rings (SSSR count). The van der Waals surface area contributed by atoms with E-state index in [1.165, 1.54) is 65.4 Å². The van der Waals surface area contributed by atoms with Gasteiger partial charge < -0.3 is 84.5 Å². The van der Waals surface area contributed by atoms with E-state index in [1.807, 2.05) is 48.6 Å². The Morgan fingerprint density at radius 2 is 0.663 bits per heavy atom. The molecule has 23 nitrogen and oxygen atoms in total. The summed E-state index contributed by atoms with van der Waals surface area (Å²) in [5, 5.41) is 103. The SMILES string of the molecule is COC(=O)c1ccc(C=Cc2ccc(O)c(O)c2)cc1.COCOc1ccc(C=Cc2ccc(C(=O)N(CCO)CCO)cc2)cc1OCOC.O=C(c1ccc(C=Cc2ccc(O)c(O)c2)cc1)N(CCO)CCO.O=[N+]([O-])c1ccc(C=Cc2ccc(O)c(O)c2)cc1. The molecule has 0 spiro atoms. The highest BCUT2D eigenvalue weighted by atomic mass is 16.7. The van der Waals surface area contributed by atoms with Crippen LogP contribution in [-0.2, 0) is 14.2 Å². The van der Waals surface area contributed by atoms with Crippen molar-refractivity contribution in [2.24, 2.45) is 0 Å². The maximum Gasteiger partial charge on any atom is 0.337 e. The molecule has 2 amide bonds. The summed E-state index contributed by atoms with van der Waals surface area (Å²) in [6.07, 6.45) is 14.6. The van der Waals surface area contributed by atoms with Crippen LogP contribution in [0.15, 0.2) is 170 Å². The number of methoxy groups -OCH3 is 3. The van der Waals surface area contributed by atoms with Crippen LogP contribution >= 0.6 is 0 Å². The molecule has 0 aliphatic carbocycles. The second-order valence-electron chi connectivity index (χ2n) is 20.1. The van der Waals surface area contributed by atoms with Crippen molar-refractivity contribution in [2.45, 2.75) is 0 Å². The van der Waals surface area contributed by atoms with Gasteiger partial charge in [-0.1, -0.05) is 109 Å². The molecule has 0 atom stereocenters. The Kier molecular flexibility index (Phi) is 31.2. The molecule has 8 aromatic carbocycles. The van der Waals surface area contributed by atoms with E-state index >= 15 is 0 Å². The summed E-state index contributed by atoms with van der Waals surface area (Å²) in [7, 11) is 4.43. The highest BCUT2D eigenvalue weighted by Gasteiger charge is 2.16. The minimum atomic E-state index is -0.453. The van der Waals surface area contributed by atoms with Crippen molar-refractivity contribution in [3.05, 3.63) is 241 Å². The lowest BCUT2D eigenvalue weighted by Crippen LogP contribution is -2.35. The zero-order valence-electron chi connectivity index (χ0n) is 52.3. The van der Waals surface area contributed by atoms with Crippen LogP contribution in [0.5, 0.6) is 46.0 Å². The molecule has 10 N–H and O–H groups in total. The third-order valence-electron chi connectivity index (χ3n) is 13.3. The highest BCUT2D eigenvalue weighted by Crippen LogP contribution is 2.31. The van der Waals surface area contributed by atoms with Gasteiger partial charge in [-0.05, 0) is 142 Å². The molecule has 0 aliphatic rings. The molecule has 0 unspecified atom stereocenters. The second kappa shape index (κ2) is 39.8. The van der Waals surface area contributed by atoms with Gasteiger partial charge in [0.1, 0.15) is 0 Å². The van der Waals surface area contributed by atoms with Crippen LogP contribution in [0.2, 0.25) is 0 Å². The third kappa shape index (κ3) is 25.0. The first kappa shape index (κ1) is 74.4. The van der Waals surface area contributed by atoms with Gasteiger partial charge in [0.05, 0.1) is 44.0 Å². The lowest BCUT2D eigenvalue weighted by molar-refractivity contribution is -0.384. The van der Waals surface area contributed by atoms with Gasteiger partial charge in [0.15, 0.2) is 59.6 Å². The lowest BCUT2D eigenvalue weighted by Gasteiger charge is -2.20. The van der Waals surface area contributed by atoms with Crippen LogP contribution in [0, 0.1) is 10.1 Å². The largest absolute Gasteiger partial charge is 0.504 e. The maximum atomic E-state index is 12.5. The number of carbonyl (C=O) groups is 3. The third-order valence-corrected chi connectivity index (χ3v) is 13.3. The van der Waals surface area contributed by atoms with Crippen LogP contribution in [0.25, 0.3) is 48.6 Å². The molecule has 0 radical (unpaired) electrons. The van der Waals surface area contributed by atoms with Gasteiger partial charge in [-0.15, -0.1) is 0 Å². The number of esters is 1. The van der Waals surface area contributed by atoms with Crippen molar-refractivity contribution < 1.29 is 94.1 Å². The molecule has 0 heterocycles. The van der Waals surface area contributed by atoms with Crippen molar-refractivity contribution in [2.75, 3.05) is 87.5 Å². The number of hydrogen-bond donors (Lipinski definition) is 10. The van der Waals surface area contributed by atoms with Gasteiger partial charge in [0, 0.05) is 63.7 Å². The summed E-state index contributed by atoms with van der Waals surface area (Å²) >= 11 is 0. The smallest absolute Gasteiger partial charge is 0.337 e. The Morgan fingerprint density at radius 3 is 0.968 bits per heavy atom. The number of aliphatic hydroxyl groups excluding tert-OH is 4. The summed E-state index contributed by atoms with van der Waals surface area (Å²) in [6, 6.07) is 46.2. The molecule has 0 aliphatic heterocycles. The number of nitrogens with zero attached hydrogens (tertiary/aromatic N) is 3. The Morgan fingerprint density at radius 1 is 0.379 bits per heavy atom. The first-order valence-corrected chi connectivity index (χ1v) is 29.1. The molecule has 0 saturated heterocycles. The number of nitro benzene ring substituents is 1. The standard InChI is InChI=1S/C23H29NO7.C19H21NO5.C16H14O4.C14H11NO4/c1-28-16-30-21-10-7-19(15-22(21)31-17-29-2)4-3-18-5-8-20(9-6-18)23(27)24(11-13-25)12-14-26;21-11-9-20(10-12-22)19(25)16-6-3-14(4-7-16)1-2-15-5-8-17(23)18(24)13-15;1-20-16(19)13-7-4-11(5-8-13)2-3-12-6-9-14(17)15(18)10-12;16-13-8-5-11(9-14(13)17)2-1-10-3-6-12(7-4-10)15(18)19/h3-10,15,25-26H,11-14,16-17H2,1-2H3;1-8,13,21-24H,9-12H2;2-10,17-18H,1H3;1-9,16-17H. The normalized spacial score (nSPS) is 10.9.